The number of carbonyl (C=O) groups excluding carboxylic acids is 1. The van der Waals surface area contributed by atoms with Crippen molar-refractivity contribution in [1.82, 2.24) is 20.3 Å². The van der Waals surface area contributed by atoms with Crippen molar-refractivity contribution in [3.63, 3.8) is 0 Å². The summed E-state index contributed by atoms with van der Waals surface area (Å²) in [7, 11) is 0. The largest absolute Gasteiger partial charge is 0.346 e. The van der Waals surface area contributed by atoms with Crippen LogP contribution in [0.15, 0.2) is 60.7 Å². The van der Waals surface area contributed by atoms with E-state index in [9.17, 15) is 4.79 Å². The molecule has 6 heteroatoms. The van der Waals surface area contributed by atoms with Crippen molar-refractivity contribution < 1.29 is 4.79 Å². The van der Waals surface area contributed by atoms with Crippen molar-refractivity contribution in [1.29, 1.82) is 0 Å². The van der Waals surface area contributed by atoms with Gasteiger partial charge in [-0.25, -0.2) is 4.68 Å². The van der Waals surface area contributed by atoms with Crippen molar-refractivity contribution in [3.05, 3.63) is 81.2 Å². The third-order valence-electron chi connectivity index (χ3n) is 3.36. The van der Waals surface area contributed by atoms with Crippen LogP contribution in [0.1, 0.15) is 21.6 Å². The van der Waals surface area contributed by atoms with E-state index in [-0.39, 0.29) is 5.91 Å². The average Bonchev–Trinajstić information content (AvgIpc) is 2.95. The molecular weight excluding hydrogens is 403 g/mol. The van der Waals surface area contributed by atoms with E-state index in [1.165, 1.54) is 0 Å². The number of aromatic nitrogens is 3. The zero-order valence-corrected chi connectivity index (χ0v) is 14.5. The fourth-order valence-corrected chi connectivity index (χ4v) is 2.78. The highest BCUT2D eigenvalue weighted by Crippen LogP contribution is 2.12. The molecular formula is C17H15IN4O. The van der Waals surface area contributed by atoms with Gasteiger partial charge in [0.25, 0.3) is 5.91 Å². The van der Waals surface area contributed by atoms with Crippen LogP contribution in [0, 0.1) is 3.70 Å². The summed E-state index contributed by atoms with van der Waals surface area (Å²) in [6.45, 7) is 1.07. The van der Waals surface area contributed by atoms with Gasteiger partial charge < -0.3 is 5.32 Å². The Balaban J connectivity index is 1.67. The third kappa shape index (κ3) is 3.95. The summed E-state index contributed by atoms with van der Waals surface area (Å²) in [5, 5.41) is 11.0. The Bertz CT molecular complexity index is 787. The second-order valence-electron chi connectivity index (χ2n) is 5.04. The third-order valence-corrected chi connectivity index (χ3v) is 4.43. The molecule has 0 aliphatic rings. The predicted molar refractivity (Wildman–Crippen MR) is 95.9 cm³/mol. The predicted octanol–water partition coefficient (Wildman–Crippen LogP) is 2.86. The molecule has 0 unspecified atom stereocenters. The van der Waals surface area contributed by atoms with E-state index < -0.39 is 0 Å². The number of amides is 1. The summed E-state index contributed by atoms with van der Waals surface area (Å²) >= 11 is 2.11. The van der Waals surface area contributed by atoms with Crippen molar-refractivity contribution in [2.75, 3.05) is 0 Å². The molecule has 0 saturated heterocycles. The number of hydrogen-bond acceptors (Lipinski definition) is 3. The van der Waals surface area contributed by atoms with Crippen molar-refractivity contribution >= 4 is 28.5 Å². The highest BCUT2D eigenvalue weighted by atomic mass is 127. The number of rotatable bonds is 5. The van der Waals surface area contributed by atoms with Crippen molar-refractivity contribution in [2.45, 2.75) is 13.1 Å². The number of nitrogens with zero attached hydrogens (tertiary/aromatic N) is 3. The van der Waals surface area contributed by atoms with E-state index in [4.69, 9.17) is 0 Å². The monoisotopic (exact) mass is 418 g/mol. The van der Waals surface area contributed by atoms with Gasteiger partial charge in [0.1, 0.15) is 3.70 Å². The minimum Gasteiger partial charge on any atom is -0.346 e. The van der Waals surface area contributed by atoms with Crippen LogP contribution in [0.3, 0.4) is 0 Å². The van der Waals surface area contributed by atoms with Crippen LogP contribution in [0.2, 0.25) is 0 Å². The molecule has 0 saturated carbocycles. The van der Waals surface area contributed by atoms with Gasteiger partial charge in [-0.2, -0.15) is 0 Å². The molecule has 1 amide bonds. The highest BCUT2D eigenvalue weighted by molar-refractivity contribution is 14.1. The number of halogens is 1. The zero-order chi connectivity index (χ0) is 16.1. The number of benzene rings is 2. The molecule has 0 aliphatic carbocycles. The first-order chi connectivity index (χ1) is 11.2. The van der Waals surface area contributed by atoms with Crippen LogP contribution in [-0.2, 0) is 13.1 Å². The van der Waals surface area contributed by atoms with Crippen LogP contribution in [-0.4, -0.2) is 20.9 Å². The molecule has 0 spiro atoms. The molecule has 0 atom stereocenters. The average molecular weight is 418 g/mol. The van der Waals surface area contributed by atoms with Crippen molar-refractivity contribution in [2.24, 2.45) is 0 Å². The molecule has 1 aromatic heterocycles. The van der Waals surface area contributed by atoms with Crippen LogP contribution in [0.25, 0.3) is 0 Å². The Morgan fingerprint density at radius 3 is 2.26 bits per heavy atom. The maximum Gasteiger partial charge on any atom is 0.274 e. The molecule has 0 fully saturated rings. The highest BCUT2D eigenvalue weighted by Gasteiger charge is 2.17. The molecule has 116 valence electrons. The molecule has 2 aromatic carbocycles. The maximum absolute atomic E-state index is 12.3. The molecule has 3 aromatic rings. The minimum absolute atomic E-state index is 0.211. The lowest BCUT2D eigenvalue weighted by Gasteiger charge is -2.04. The molecule has 23 heavy (non-hydrogen) atoms. The SMILES string of the molecule is O=C(NCc1ccccc1)c1nnn(Cc2ccccc2)c1I. The molecule has 0 aliphatic heterocycles. The Kier molecular flexibility index (Phi) is 5.02. The Morgan fingerprint density at radius 1 is 1.00 bits per heavy atom. The van der Waals surface area contributed by atoms with E-state index in [2.05, 4.69) is 38.2 Å². The van der Waals surface area contributed by atoms with Gasteiger partial charge in [0.2, 0.25) is 0 Å². The summed E-state index contributed by atoms with van der Waals surface area (Å²) in [5.41, 5.74) is 2.52. The van der Waals surface area contributed by atoms with Gasteiger partial charge >= 0.3 is 0 Å². The molecule has 1 N–H and O–H groups in total. The van der Waals surface area contributed by atoms with Crippen LogP contribution in [0.5, 0.6) is 0 Å². The summed E-state index contributed by atoms with van der Waals surface area (Å²) in [5.74, 6) is -0.211. The first-order valence-corrected chi connectivity index (χ1v) is 8.27. The lowest BCUT2D eigenvalue weighted by molar-refractivity contribution is 0.0945. The lowest BCUT2D eigenvalue weighted by Crippen LogP contribution is -2.24. The van der Waals surface area contributed by atoms with E-state index >= 15 is 0 Å². The van der Waals surface area contributed by atoms with Gasteiger partial charge in [-0.15, -0.1) is 5.10 Å². The van der Waals surface area contributed by atoms with E-state index in [0.717, 1.165) is 14.8 Å². The summed E-state index contributed by atoms with van der Waals surface area (Å²) in [6, 6.07) is 19.7. The molecule has 5 nitrogen and oxygen atoms in total. The quantitative estimate of drug-likeness (QED) is 0.649. The summed E-state index contributed by atoms with van der Waals surface area (Å²) < 4.78 is 2.46. The topological polar surface area (TPSA) is 59.8 Å². The molecule has 3 rings (SSSR count). The zero-order valence-electron chi connectivity index (χ0n) is 12.3. The first-order valence-electron chi connectivity index (χ1n) is 7.19. The number of nitrogens with one attached hydrogen (secondary N) is 1. The van der Waals surface area contributed by atoms with Gasteiger partial charge in [0.15, 0.2) is 5.69 Å². The minimum atomic E-state index is -0.211. The van der Waals surface area contributed by atoms with Crippen LogP contribution in [0.4, 0.5) is 0 Å². The second-order valence-corrected chi connectivity index (χ2v) is 6.06. The smallest absolute Gasteiger partial charge is 0.274 e. The van der Waals surface area contributed by atoms with Gasteiger partial charge in [-0.3, -0.25) is 4.79 Å². The number of carbonyl (C=O) groups is 1. The lowest BCUT2D eigenvalue weighted by atomic mass is 10.2. The molecule has 0 radical (unpaired) electrons. The van der Waals surface area contributed by atoms with Gasteiger partial charge in [0, 0.05) is 6.54 Å². The summed E-state index contributed by atoms with van der Waals surface area (Å²) in [6.07, 6.45) is 0. The molecule has 0 bridgehead atoms. The first kappa shape index (κ1) is 15.7. The second kappa shape index (κ2) is 7.36. The van der Waals surface area contributed by atoms with E-state index in [1.54, 1.807) is 4.68 Å². The van der Waals surface area contributed by atoms with E-state index in [1.807, 2.05) is 60.7 Å². The Hall–Kier alpha value is -2.22. The fourth-order valence-electron chi connectivity index (χ4n) is 2.16. The Morgan fingerprint density at radius 2 is 1.61 bits per heavy atom. The van der Waals surface area contributed by atoms with Crippen molar-refractivity contribution in [3.8, 4) is 0 Å². The normalized spacial score (nSPS) is 10.5. The van der Waals surface area contributed by atoms with E-state index in [0.29, 0.717) is 18.8 Å². The maximum atomic E-state index is 12.3. The molecule has 1 heterocycles. The fraction of sp³-hybridized carbons (Fsp3) is 0.118. The van der Waals surface area contributed by atoms with Gasteiger partial charge in [0.05, 0.1) is 6.54 Å². The van der Waals surface area contributed by atoms with Crippen LogP contribution >= 0.6 is 22.6 Å². The van der Waals surface area contributed by atoms with Gasteiger partial charge in [-0.05, 0) is 33.7 Å². The van der Waals surface area contributed by atoms with Gasteiger partial charge in [-0.1, -0.05) is 65.9 Å². The Labute approximate surface area is 147 Å². The number of hydrogen-bond donors (Lipinski definition) is 1. The standard InChI is InChI=1S/C17H15IN4O/c18-16-15(17(23)19-11-13-7-3-1-4-8-13)20-21-22(16)12-14-9-5-2-6-10-14/h1-10H,11-12H2,(H,19,23). The van der Waals surface area contributed by atoms with Crippen LogP contribution < -0.4 is 5.32 Å². The summed E-state index contributed by atoms with van der Waals surface area (Å²) in [4.78, 5) is 12.3.